The summed E-state index contributed by atoms with van der Waals surface area (Å²) in [6, 6.07) is 0.442. The molecule has 1 aromatic rings. The molecule has 0 aliphatic heterocycles. The SMILES string of the molecule is CSC1CCC(Nc2nc(Cl)nc(N(C)C)n2)CC1. The van der Waals surface area contributed by atoms with Crippen LogP contribution in [-0.4, -0.2) is 46.6 Å². The van der Waals surface area contributed by atoms with E-state index in [1.165, 1.54) is 12.8 Å². The molecule has 0 bridgehead atoms. The zero-order valence-electron chi connectivity index (χ0n) is 11.6. The van der Waals surface area contributed by atoms with Gasteiger partial charge in [0.1, 0.15) is 0 Å². The Hall–Kier alpha value is -0.750. The van der Waals surface area contributed by atoms with Crippen LogP contribution in [0.1, 0.15) is 25.7 Å². The van der Waals surface area contributed by atoms with Crippen LogP contribution in [0.5, 0.6) is 0 Å². The fraction of sp³-hybridized carbons (Fsp3) is 0.750. The quantitative estimate of drug-likeness (QED) is 0.923. The summed E-state index contributed by atoms with van der Waals surface area (Å²) >= 11 is 7.89. The number of nitrogens with zero attached hydrogens (tertiary/aromatic N) is 4. The second-order valence-corrected chi connectivity index (χ2v) is 6.45. The van der Waals surface area contributed by atoms with Crippen LogP contribution in [0.4, 0.5) is 11.9 Å². The summed E-state index contributed by atoms with van der Waals surface area (Å²) < 4.78 is 0. The number of hydrogen-bond donors (Lipinski definition) is 1. The van der Waals surface area contributed by atoms with Gasteiger partial charge in [0.15, 0.2) is 0 Å². The van der Waals surface area contributed by atoms with Gasteiger partial charge in [0.2, 0.25) is 17.2 Å². The molecule has 1 aliphatic rings. The van der Waals surface area contributed by atoms with Crippen LogP contribution in [0.15, 0.2) is 0 Å². The normalized spacial score (nSPS) is 23.2. The number of rotatable bonds is 4. The Morgan fingerprint density at radius 3 is 2.42 bits per heavy atom. The maximum atomic E-state index is 5.93. The Kier molecular flexibility index (Phi) is 5.10. The van der Waals surface area contributed by atoms with Gasteiger partial charge in [0.25, 0.3) is 0 Å². The Morgan fingerprint density at radius 2 is 1.84 bits per heavy atom. The summed E-state index contributed by atoms with van der Waals surface area (Å²) in [4.78, 5) is 14.4. The predicted octanol–water partition coefficient (Wildman–Crippen LogP) is 2.68. The molecule has 7 heteroatoms. The molecular weight excluding hydrogens is 282 g/mol. The molecule has 0 spiro atoms. The first-order valence-corrected chi connectivity index (χ1v) is 8.13. The van der Waals surface area contributed by atoms with Crippen LogP contribution in [0.3, 0.4) is 0 Å². The summed E-state index contributed by atoms with van der Waals surface area (Å²) in [6.07, 6.45) is 7.00. The number of hydrogen-bond acceptors (Lipinski definition) is 6. The summed E-state index contributed by atoms with van der Waals surface area (Å²) in [5.41, 5.74) is 0. The fourth-order valence-electron chi connectivity index (χ4n) is 2.23. The van der Waals surface area contributed by atoms with Crippen LogP contribution in [0.25, 0.3) is 0 Å². The Labute approximate surface area is 123 Å². The molecule has 0 amide bonds. The number of halogens is 1. The summed E-state index contributed by atoms with van der Waals surface area (Å²) in [5, 5.41) is 4.42. The molecule has 19 heavy (non-hydrogen) atoms. The van der Waals surface area contributed by atoms with Gasteiger partial charge >= 0.3 is 0 Å². The largest absolute Gasteiger partial charge is 0.351 e. The number of nitrogens with one attached hydrogen (secondary N) is 1. The van der Waals surface area contributed by atoms with Crippen molar-refractivity contribution in [1.29, 1.82) is 0 Å². The van der Waals surface area contributed by atoms with Crippen LogP contribution < -0.4 is 10.2 Å². The van der Waals surface area contributed by atoms with E-state index in [2.05, 4.69) is 26.5 Å². The maximum absolute atomic E-state index is 5.93. The summed E-state index contributed by atoms with van der Waals surface area (Å²) in [7, 11) is 3.78. The second kappa shape index (κ2) is 6.61. The highest BCUT2D eigenvalue weighted by Gasteiger charge is 2.21. The first-order chi connectivity index (χ1) is 9.08. The van der Waals surface area contributed by atoms with Crippen molar-refractivity contribution in [1.82, 2.24) is 15.0 Å². The van der Waals surface area contributed by atoms with Crippen LogP contribution in [0.2, 0.25) is 5.28 Å². The molecule has 1 aromatic heterocycles. The molecule has 0 saturated heterocycles. The zero-order chi connectivity index (χ0) is 13.8. The predicted molar refractivity (Wildman–Crippen MR) is 82.3 cm³/mol. The smallest absolute Gasteiger partial charge is 0.230 e. The minimum atomic E-state index is 0.235. The van der Waals surface area contributed by atoms with E-state index >= 15 is 0 Å². The lowest BCUT2D eigenvalue weighted by Crippen LogP contribution is -2.28. The van der Waals surface area contributed by atoms with Crippen LogP contribution in [-0.2, 0) is 0 Å². The molecule has 0 aromatic carbocycles. The van der Waals surface area contributed by atoms with Gasteiger partial charge in [-0.05, 0) is 43.5 Å². The zero-order valence-corrected chi connectivity index (χ0v) is 13.1. The van der Waals surface area contributed by atoms with E-state index in [9.17, 15) is 0 Å². The van der Waals surface area contributed by atoms with E-state index in [1.54, 1.807) is 0 Å². The third-order valence-corrected chi connectivity index (χ3v) is 4.64. The van der Waals surface area contributed by atoms with Gasteiger partial charge in [-0.3, -0.25) is 0 Å². The van der Waals surface area contributed by atoms with E-state index in [0.29, 0.717) is 17.9 Å². The monoisotopic (exact) mass is 301 g/mol. The molecule has 0 atom stereocenters. The van der Waals surface area contributed by atoms with Crippen molar-refractivity contribution in [3.63, 3.8) is 0 Å². The number of aromatic nitrogens is 3. The minimum Gasteiger partial charge on any atom is -0.351 e. The van der Waals surface area contributed by atoms with E-state index in [0.717, 1.165) is 18.1 Å². The van der Waals surface area contributed by atoms with Gasteiger partial charge < -0.3 is 10.2 Å². The molecule has 1 aliphatic carbocycles. The molecule has 0 radical (unpaired) electrons. The van der Waals surface area contributed by atoms with Crippen molar-refractivity contribution in [2.24, 2.45) is 0 Å². The first-order valence-electron chi connectivity index (χ1n) is 6.46. The molecule has 1 N–H and O–H groups in total. The maximum Gasteiger partial charge on any atom is 0.230 e. The van der Waals surface area contributed by atoms with Gasteiger partial charge in [0, 0.05) is 25.4 Å². The minimum absolute atomic E-state index is 0.235. The third kappa shape index (κ3) is 4.11. The molecule has 5 nitrogen and oxygen atoms in total. The average Bonchev–Trinajstić information content (AvgIpc) is 2.39. The Bertz CT molecular complexity index is 421. The molecule has 1 saturated carbocycles. The summed E-state index contributed by atoms with van der Waals surface area (Å²) in [5.74, 6) is 1.16. The van der Waals surface area contributed by atoms with Crippen molar-refractivity contribution in [3.8, 4) is 0 Å². The van der Waals surface area contributed by atoms with Gasteiger partial charge in [0.05, 0.1) is 0 Å². The third-order valence-electron chi connectivity index (χ3n) is 3.34. The van der Waals surface area contributed by atoms with Gasteiger partial charge in [-0.15, -0.1) is 0 Å². The molecule has 1 fully saturated rings. The van der Waals surface area contributed by atoms with E-state index in [-0.39, 0.29) is 5.28 Å². The van der Waals surface area contributed by atoms with E-state index < -0.39 is 0 Å². The molecule has 106 valence electrons. The van der Waals surface area contributed by atoms with E-state index in [1.807, 2.05) is 30.8 Å². The highest BCUT2D eigenvalue weighted by molar-refractivity contribution is 7.99. The number of thioether (sulfide) groups is 1. The lowest BCUT2D eigenvalue weighted by atomic mass is 9.95. The molecule has 0 unspecified atom stereocenters. The standard InChI is InChI=1S/C12H20ClN5S/c1-18(2)12-16-10(13)15-11(17-12)14-8-4-6-9(19-3)7-5-8/h8-9H,4-7H2,1-3H3,(H,14,15,16,17). The lowest BCUT2D eigenvalue weighted by Gasteiger charge is -2.28. The van der Waals surface area contributed by atoms with Gasteiger partial charge in [-0.1, -0.05) is 0 Å². The van der Waals surface area contributed by atoms with Gasteiger partial charge in [-0.2, -0.15) is 26.7 Å². The van der Waals surface area contributed by atoms with Crippen molar-refractivity contribution >= 4 is 35.3 Å². The van der Waals surface area contributed by atoms with Crippen molar-refractivity contribution in [3.05, 3.63) is 5.28 Å². The highest BCUT2D eigenvalue weighted by atomic mass is 35.5. The second-order valence-electron chi connectivity index (χ2n) is 4.98. The Balaban J connectivity index is 1.99. The number of anilines is 2. The van der Waals surface area contributed by atoms with Crippen molar-refractivity contribution < 1.29 is 0 Å². The van der Waals surface area contributed by atoms with Gasteiger partial charge in [-0.25, -0.2) is 0 Å². The fourth-order valence-corrected chi connectivity index (χ4v) is 3.13. The highest BCUT2D eigenvalue weighted by Crippen LogP contribution is 2.28. The Morgan fingerprint density at radius 1 is 1.16 bits per heavy atom. The van der Waals surface area contributed by atoms with Crippen LogP contribution >= 0.6 is 23.4 Å². The molecule has 2 rings (SSSR count). The average molecular weight is 302 g/mol. The van der Waals surface area contributed by atoms with E-state index in [4.69, 9.17) is 11.6 Å². The summed E-state index contributed by atoms with van der Waals surface area (Å²) in [6.45, 7) is 0. The lowest BCUT2D eigenvalue weighted by molar-refractivity contribution is 0.471. The topological polar surface area (TPSA) is 53.9 Å². The molecule has 1 heterocycles. The first kappa shape index (κ1) is 14.7. The van der Waals surface area contributed by atoms with Crippen molar-refractivity contribution in [2.75, 3.05) is 30.6 Å². The molecular formula is C12H20ClN5S. The van der Waals surface area contributed by atoms with Crippen molar-refractivity contribution in [2.45, 2.75) is 37.0 Å². The van der Waals surface area contributed by atoms with Crippen LogP contribution in [0, 0.1) is 0 Å².